The normalized spacial score (nSPS) is 20.9. The van der Waals surface area contributed by atoms with E-state index in [0.29, 0.717) is 5.56 Å². The standard InChI is InChI=1S/C14H15F3N2O4S/c15-14(16,17)13(12(22)23)3-5-19(8-13)10(20)1-4-18-11(21)9-2-6-24-7-9/h2,6-7H,1,3-5,8H2,(H,18,21)(H,22,23). The molecule has 2 rings (SSSR count). The van der Waals surface area contributed by atoms with E-state index in [2.05, 4.69) is 5.32 Å². The molecule has 0 aromatic carbocycles. The van der Waals surface area contributed by atoms with Crippen LogP contribution in [0.2, 0.25) is 0 Å². The molecule has 1 aromatic rings. The van der Waals surface area contributed by atoms with Crippen LogP contribution >= 0.6 is 11.3 Å². The van der Waals surface area contributed by atoms with Gasteiger partial charge in [0, 0.05) is 37.0 Å². The second-order valence-corrected chi connectivity index (χ2v) is 6.25. The Morgan fingerprint density at radius 3 is 2.58 bits per heavy atom. The highest BCUT2D eigenvalue weighted by atomic mass is 32.1. The van der Waals surface area contributed by atoms with E-state index < -0.39 is 36.4 Å². The van der Waals surface area contributed by atoms with Crippen molar-refractivity contribution < 1.29 is 32.7 Å². The molecule has 0 spiro atoms. The Bertz CT molecular complexity index is 632. The van der Waals surface area contributed by atoms with Crippen LogP contribution in [0.3, 0.4) is 0 Å². The van der Waals surface area contributed by atoms with Gasteiger partial charge in [-0.15, -0.1) is 0 Å². The van der Waals surface area contributed by atoms with Gasteiger partial charge in [0.25, 0.3) is 5.91 Å². The summed E-state index contributed by atoms with van der Waals surface area (Å²) in [5.74, 6) is -2.97. The monoisotopic (exact) mass is 364 g/mol. The van der Waals surface area contributed by atoms with Crippen molar-refractivity contribution in [1.29, 1.82) is 0 Å². The molecule has 24 heavy (non-hydrogen) atoms. The van der Waals surface area contributed by atoms with Crippen LogP contribution in [0, 0.1) is 5.41 Å². The van der Waals surface area contributed by atoms with E-state index >= 15 is 0 Å². The van der Waals surface area contributed by atoms with Crippen LogP contribution < -0.4 is 5.32 Å². The van der Waals surface area contributed by atoms with Crippen LogP contribution in [0.5, 0.6) is 0 Å². The molecule has 2 amide bonds. The molecule has 132 valence electrons. The third kappa shape index (κ3) is 3.53. The number of likely N-dealkylation sites (tertiary alicyclic amines) is 1. The van der Waals surface area contributed by atoms with Crippen molar-refractivity contribution in [2.24, 2.45) is 5.41 Å². The van der Waals surface area contributed by atoms with E-state index in [1.807, 2.05) is 0 Å². The van der Waals surface area contributed by atoms with E-state index in [4.69, 9.17) is 5.11 Å². The Morgan fingerprint density at radius 2 is 2.08 bits per heavy atom. The van der Waals surface area contributed by atoms with Gasteiger partial charge in [-0.3, -0.25) is 14.4 Å². The molecular weight excluding hydrogens is 349 g/mol. The molecular formula is C14H15F3N2O4S. The molecule has 0 radical (unpaired) electrons. The Hall–Kier alpha value is -2.10. The first-order chi connectivity index (χ1) is 11.2. The number of hydrogen-bond donors (Lipinski definition) is 2. The average Bonchev–Trinajstić information content (AvgIpc) is 3.16. The van der Waals surface area contributed by atoms with E-state index in [0.717, 1.165) is 4.90 Å². The Labute approximate surface area is 139 Å². The first-order valence-corrected chi connectivity index (χ1v) is 8.00. The van der Waals surface area contributed by atoms with Gasteiger partial charge in [-0.2, -0.15) is 24.5 Å². The number of amides is 2. The summed E-state index contributed by atoms with van der Waals surface area (Å²) in [6, 6.07) is 1.60. The maximum absolute atomic E-state index is 13.0. The maximum atomic E-state index is 13.0. The lowest BCUT2D eigenvalue weighted by Gasteiger charge is -2.27. The SMILES string of the molecule is O=C(NCCC(=O)N1CCC(C(=O)O)(C(F)(F)F)C1)c1ccsc1. The van der Waals surface area contributed by atoms with Crippen molar-refractivity contribution in [2.75, 3.05) is 19.6 Å². The number of carbonyl (C=O) groups excluding carboxylic acids is 2. The second-order valence-electron chi connectivity index (χ2n) is 5.47. The van der Waals surface area contributed by atoms with Crippen LogP contribution in [-0.4, -0.2) is 53.6 Å². The lowest BCUT2D eigenvalue weighted by molar-refractivity contribution is -0.227. The highest BCUT2D eigenvalue weighted by molar-refractivity contribution is 7.08. The summed E-state index contributed by atoms with van der Waals surface area (Å²) >= 11 is 1.33. The number of halogens is 3. The van der Waals surface area contributed by atoms with Gasteiger partial charge in [0.1, 0.15) is 0 Å². The number of carboxylic acid groups (broad SMARTS) is 1. The molecule has 1 atom stereocenters. The summed E-state index contributed by atoms with van der Waals surface area (Å²) in [7, 11) is 0. The molecule has 0 aliphatic carbocycles. The van der Waals surface area contributed by atoms with Gasteiger partial charge in [-0.1, -0.05) is 0 Å². The molecule has 10 heteroatoms. The molecule has 1 saturated heterocycles. The second kappa shape index (κ2) is 6.80. The topological polar surface area (TPSA) is 86.7 Å². The van der Waals surface area contributed by atoms with E-state index in [9.17, 15) is 27.6 Å². The number of carbonyl (C=O) groups is 3. The van der Waals surface area contributed by atoms with Gasteiger partial charge < -0.3 is 15.3 Å². The summed E-state index contributed by atoms with van der Waals surface area (Å²) < 4.78 is 39.1. The highest BCUT2D eigenvalue weighted by Gasteiger charge is 2.64. The lowest BCUT2D eigenvalue weighted by Crippen LogP contribution is -2.48. The number of nitrogens with zero attached hydrogens (tertiary/aromatic N) is 1. The fraction of sp³-hybridized carbons (Fsp3) is 0.500. The third-order valence-corrected chi connectivity index (χ3v) is 4.67. The van der Waals surface area contributed by atoms with Gasteiger partial charge in [-0.25, -0.2) is 0 Å². The molecule has 6 nitrogen and oxygen atoms in total. The van der Waals surface area contributed by atoms with Crippen molar-refractivity contribution in [3.63, 3.8) is 0 Å². The van der Waals surface area contributed by atoms with Crippen LogP contribution in [-0.2, 0) is 9.59 Å². The fourth-order valence-corrected chi connectivity index (χ4v) is 3.12. The smallest absolute Gasteiger partial charge is 0.406 e. The molecule has 0 saturated carbocycles. The van der Waals surface area contributed by atoms with Crippen molar-refractivity contribution in [3.05, 3.63) is 22.4 Å². The molecule has 0 bridgehead atoms. The lowest BCUT2D eigenvalue weighted by atomic mass is 9.86. The van der Waals surface area contributed by atoms with Gasteiger partial charge >= 0.3 is 12.1 Å². The number of hydrogen-bond acceptors (Lipinski definition) is 4. The molecule has 2 N–H and O–H groups in total. The summed E-state index contributed by atoms with van der Waals surface area (Å²) in [6.07, 6.45) is -5.79. The number of carboxylic acids is 1. The van der Waals surface area contributed by atoms with Crippen LogP contribution in [0.4, 0.5) is 13.2 Å². The Balaban J connectivity index is 1.88. The number of rotatable bonds is 5. The zero-order valence-corrected chi connectivity index (χ0v) is 13.2. The van der Waals surface area contributed by atoms with Crippen LogP contribution in [0.1, 0.15) is 23.2 Å². The summed E-state index contributed by atoms with van der Waals surface area (Å²) in [6.45, 7) is -1.21. The number of alkyl halides is 3. The Morgan fingerprint density at radius 1 is 1.38 bits per heavy atom. The van der Waals surface area contributed by atoms with Gasteiger partial charge in [0.05, 0.1) is 0 Å². The zero-order valence-electron chi connectivity index (χ0n) is 12.4. The minimum absolute atomic E-state index is 0.0316. The van der Waals surface area contributed by atoms with Gasteiger partial charge in [0.15, 0.2) is 5.41 Å². The number of aliphatic carboxylic acids is 1. The quantitative estimate of drug-likeness (QED) is 0.833. The average molecular weight is 364 g/mol. The summed E-state index contributed by atoms with van der Waals surface area (Å²) in [4.78, 5) is 35.6. The first kappa shape index (κ1) is 18.2. The molecule has 1 aliphatic heterocycles. The van der Waals surface area contributed by atoms with Crippen LogP contribution in [0.15, 0.2) is 16.8 Å². The predicted molar refractivity (Wildman–Crippen MR) is 78.6 cm³/mol. The fourth-order valence-electron chi connectivity index (χ4n) is 2.49. The van der Waals surface area contributed by atoms with E-state index in [-0.39, 0.29) is 25.4 Å². The maximum Gasteiger partial charge on any atom is 0.406 e. The number of nitrogens with one attached hydrogen (secondary N) is 1. The van der Waals surface area contributed by atoms with Gasteiger partial charge in [-0.05, 0) is 17.9 Å². The third-order valence-electron chi connectivity index (χ3n) is 3.98. The van der Waals surface area contributed by atoms with Crippen molar-refractivity contribution in [1.82, 2.24) is 10.2 Å². The number of thiophene rings is 1. The summed E-state index contributed by atoms with van der Waals surface area (Å²) in [5.41, 5.74) is -2.47. The Kier molecular flexibility index (Phi) is 5.16. The largest absolute Gasteiger partial charge is 0.481 e. The molecule has 2 heterocycles. The molecule has 1 unspecified atom stereocenters. The highest BCUT2D eigenvalue weighted by Crippen LogP contribution is 2.45. The predicted octanol–water partition coefficient (Wildman–Crippen LogP) is 1.73. The van der Waals surface area contributed by atoms with Gasteiger partial charge in [0.2, 0.25) is 5.91 Å². The van der Waals surface area contributed by atoms with Crippen molar-refractivity contribution in [2.45, 2.75) is 19.0 Å². The molecule has 1 aromatic heterocycles. The minimum Gasteiger partial charge on any atom is -0.481 e. The zero-order chi connectivity index (χ0) is 18.0. The van der Waals surface area contributed by atoms with E-state index in [1.54, 1.807) is 16.8 Å². The van der Waals surface area contributed by atoms with Crippen molar-refractivity contribution in [3.8, 4) is 0 Å². The van der Waals surface area contributed by atoms with Crippen LogP contribution in [0.25, 0.3) is 0 Å². The van der Waals surface area contributed by atoms with Crippen molar-refractivity contribution >= 4 is 29.1 Å². The molecule has 1 fully saturated rings. The first-order valence-electron chi connectivity index (χ1n) is 7.06. The molecule has 1 aliphatic rings. The minimum atomic E-state index is -4.93. The van der Waals surface area contributed by atoms with E-state index in [1.165, 1.54) is 11.3 Å². The summed E-state index contributed by atoms with van der Waals surface area (Å²) in [5, 5.41) is 14.8.